The summed E-state index contributed by atoms with van der Waals surface area (Å²) in [5, 5.41) is 69.5. The Morgan fingerprint density at radius 1 is 0.328 bits per heavy atom. The molecule has 0 saturated heterocycles. The second-order valence-corrected chi connectivity index (χ2v) is 27.8. The van der Waals surface area contributed by atoms with E-state index in [1.54, 1.807) is 36.4 Å². The van der Waals surface area contributed by atoms with Crippen molar-refractivity contribution in [2.75, 3.05) is 92.5 Å². The summed E-state index contributed by atoms with van der Waals surface area (Å²) in [4.78, 5) is 108. The number of nitrogens with two attached hydrogens (primary N) is 9. The standard InChI is InChI=1S/C44H34N8.C12H13N3.C10H16N2O8.C10H6O8.C6H8N2.C6H6S3/c45-29-13-5-1-9-25(29)41-33-17-19-35(49-33)42(26-10-2-6-14-30(26)46)37-21-23-39(51-37)44(28-12-4-8-16-32(28)48)40-24-22-38(52-40)43(36-20-18-34(41)50-36)27-11-3-7-15-31(27)47;13-5-1-3-10-7-11(4-2-6-14)9-12(15)8-10;13-7(14)3-11(4-8(15)16)1-2-12(5-9(17)18)6-10(19)20;11-7(12)3-1-4(8(13)14)6(10(17)18)2-5(3)9(15)16;7-5-1-2-6(8)4-3-5;7-4-1-5(8)3-6(9)2-4/h1-24,49,52H,45-48H2;7-9H,5-6,13-15H2;1-6H2,(H,13,14)(H,15,16)(H,17,18)(H,19,20);1-2H,(H,11,12)(H,13,14)(H,15,16)(H,17,18);1-4H,7-8H2;1-3,7-9H. The summed E-state index contributed by atoms with van der Waals surface area (Å²) in [6.45, 7) is -1.59. The van der Waals surface area contributed by atoms with Crippen LogP contribution in [-0.2, 0) is 19.2 Å². The molecule has 5 heterocycles. The fraction of sp³-hybridized carbons (Fsp3) is 0.0909. The number of aromatic amines is 2. The molecular weight excluding hydrogens is 1620 g/mol. The molecule has 31 nitrogen and oxygen atoms in total. The molecule has 2 aliphatic heterocycles. The molecule has 3 aromatic heterocycles. The first-order valence-corrected chi connectivity index (χ1v) is 37.6. The van der Waals surface area contributed by atoms with E-state index in [4.69, 9.17) is 102 Å². The van der Waals surface area contributed by atoms with Crippen LogP contribution in [0, 0.1) is 23.7 Å². The minimum absolute atomic E-state index is 0.0703. The SMILES string of the molecule is NCC#Cc1cc(N)cc(C#CCN)c1.Nc1ccc(N)cc1.Nc1ccccc1-c1c2nc(c(-c3ccccc3N)c3ccc([nH]3)c(-c3ccccc3N)c3nc(c(-c4ccccc4N)c4ccc1[nH]4)C=C3)C=C2.O=C(O)CN(CCN(CC(=O)O)CC(=O)O)CC(=O)O.O=C(O)c1cc(C(=O)O)c(C(=O)O)cc1C(=O)O.Sc1cc(S)cc(S)c1. The Kier molecular flexibility index (Phi) is 33.1. The van der Waals surface area contributed by atoms with E-state index in [0.29, 0.717) is 53.7 Å². The monoisotopic (exact) mass is 1700 g/mol. The van der Waals surface area contributed by atoms with E-state index in [1.165, 1.54) is 0 Å². The number of aromatic carboxylic acids is 4. The number of H-pyrrole nitrogens is 2. The lowest BCUT2D eigenvalue weighted by Gasteiger charge is -2.23. The van der Waals surface area contributed by atoms with Gasteiger partial charge in [0.05, 0.1) is 84.3 Å². The van der Waals surface area contributed by atoms with Crippen molar-refractivity contribution in [2.45, 2.75) is 14.7 Å². The van der Waals surface area contributed by atoms with Crippen molar-refractivity contribution in [2.24, 2.45) is 11.5 Å². The maximum Gasteiger partial charge on any atom is 0.336 e. The highest BCUT2D eigenvalue weighted by Crippen LogP contribution is 2.42. The van der Waals surface area contributed by atoms with Gasteiger partial charge in [0, 0.05) is 145 Å². The zero-order valence-corrected chi connectivity index (χ0v) is 67.3. The fourth-order valence-electron chi connectivity index (χ4n) is 12.2. The number of aliphatic carboxylic acids is 4. The third-order valence-electron chi connectivity index (χ3n) is 17.4. The molecular formula is C88H83N15O16S3. The van der Waals surface area contributed by atoms with Crippen LogP contribution in [-0.4, -0.2) is 171 Å². The van der Waals surface area contributed by atoms with Gasteiger partial charge in [0.2, 0.25) is 0 Å². The van der Waals surface area contributed by atoms with Gasteiger partial charge in [-0.1, -0.05) is 96.5 Å². The number of carboxylic acids is 8. The zero-order chi connectivity index (χ0) is 89.0. The minimum atomic E-state index is -1.66. The van der Waals surface area contributed by atoms with E-state index in [9.17, 15) is 38.4 Å². The van der Waals surface area contributed by atoms with Gasteiger partial charge in [0.1, 0.15) is 0 Å². The first-order chi connectivity index (χ1) is 58.1. The molecule has 0 radical (unpaired) electrons. The number of carbonyl (C=O) groups is 8. The largest absolute Gasteiger partial charge is 0.480 e. The van der Waals surface area contributed by atoms with E-state index in [-0.39, 0.29) is 13.1 Å². The van der Waals surface area contributed by atoms with Gasteiger partial charge in [-0.15, -0.1) is 37.9 Å². The number of nitrogens with zero attached hydrogens (tertiary/aromatic N) is 4. The van der Waals surface area contributed by atoms with Crippen LogP contribution in [0.5, 0.6) is 0 Å². The lowest BCUT2D eigenvalue weighted by molar-refractivity contribution is -0.145. The number of rotatable bonds is 19. The van der Waals surface area contributed by atoms with Crippen molar-refractivity contribution in [3.8, 4) is 68.2 Å². The predicted molar refractivity (Wildman–Crippen MR) is 482 cm³/mol. The van der Waals surface area contributed by atoms with Gasteiger partial charge in [-0.2, -0.15) is 0 Å². The van der Waals surface area contributed by atoms with Crippen LogP contribution in [0.3, 0.4) is 0 Å². The minimum Gasteiger partial charge on any atom is -0.480 e. The highest BCUT2D eigenvalue weighted by atomic mass is 32.1. The van der Waals surface area contributed by atoms with Gasteiger partial charge in [-0.3, -0.25) is 29.0 Å². The molecule has 0 atom stereocenters. The summed E-state index contributed by atoms with van der Waals surface area (Å²) in [6.07, 6.45) is 8.13. The van der Waals surface area contributed by atoms with E-state index >= 15 is 0 Å². The maximum absolute atomic E-state index is 10.8. The van der Waals surface area contributed by atoms with Crippen LogP contribution in [0.1, 0.15) is 75.3 Å². The fourth-order valence-corrected chi connectivity index (χ4v) is 13.3. The van der Waals surface area contributed by atoms with Crippen LogP contribution in [0.25, 0.3) is 90.9 Å². The number of hydrogen-bond donors (Lipinski definition) is 22. The highest BCUT2D eigenvalue weighted by Gasteiger charge is 2.27. The molecule has 8 bridgehead atoms. The Bertz CT molecular complexity index is 5540. The topological polar surface area (TPSA) is 596 Å². The van der Waals surface area contributed by atoms with Crippen molar-refractivity contribution in [1.82, 2.24) is 29.7 Å². The molecule has 0 spiro atoms. The second kappa shape index (κ2) is 43.8. The molecule has 0 amide bonds. The molecule has 624 valence electrons. The molecule has 0 unspecified atom stereocenters. The Hall–Kier alpha value is -15.3. The Balaban J connectivity index is 0.000000216. The first kappa shape index (κ1) is 92.2. The summed E-state index contributed by atoms with van der Waals surface area (Å²) >= 11 is 12.4. The van der Waals surface area contributed by atoms with Gasteiger partial charge in [-0.05, 0) is 146 Å². The van der Waals surface area contributed by atoms with E-state index in [0.717, 1.165) is 136 Å². The van der Waals surface area contributed by atoms with Crippen LogP contribution in [0.4, 0.5) is 39.8 Å². The smallest absolute Gasteiger partial charge is 0.336 e. The summed E-state index contributed by atoms with van der Waals surface area (Å²) < 4.78 is 0. The summed E-state index contributed by atoms with van der Waals surface area (Å²) in [5.74, 6) is -0.207. The van der Waals surface area contributed by atoms with E-state index in [1.807, 2.05) is 146 Å². The number of nitrogens with one attached hydrogen (secondary N) is 2. The van der Waals surface area contributed by atoms with Crippen LogP contribution < -0.4 is 51.6 Å². The zero-order valence-electron chi connectivity index (χ0n) is 64.6. The molecule has 122 heavy (non-hydrogen) atoms. The lowest BCUT2D eigenvalue weighted by atomic mass is 9.98. The summed E-state index contributed by atoms with van der Waals surface area (Å²) in [6, 6.07) is 58.8. The normalized spacial score (nSPS) is 10.6. The predicted octanol–water partition coefficient (Wildman–Crippen LogP) is 11.4. The second-order valence-electron chi connectivity index (χ2n) is 26.2. The molecule has 11 aromatic rings. The van der Waals surface area contributed by atoms with Crippen molar-refractivity contribution >= 4 is 172 Å². The molecule has 0 fully saturated rings. The number of benzene rings is 8. The number of fused-ring (bicyclic) bond motifs is 8. The molecule has 13 rings (SSSR count). The van der Waals surface area contributed by atoms with Gasteiger partial charge >= 0.3 is 47.8 Å². The summed E-state index contributed by atoms with van der Waals surface area (Å²) in [7, 11) is 0. The molecule has 0 aliphatic carbocycles. The number of anilines is 7. The van der Waals surface area contributed by atoms with Crippen LogP contribution in [0.2, 0.25) is 0 Å². The number of thiol groups is 3. The first-order valence-electron chi connectivity index (χ1n) is 36.2. The van der Waals surface area contributed by atoms with Crippen molar-refractivity contribution < 1.29 is 79.2 Å². The molecule has 0 saturated carbocycles. The summed E-state index contributed by atoms with van der Waals surface area (Å²) in [5.41, 5.74) is 70.2. The van der Waals surface area contributed by atoms with Gasteiger partial charge in [0.25, 0.3) is 0 Å². The average Bonchev–Trinajstić information content (AvgIpc) is 1.55. The Morgan fingerprint density at radius 2 is 0.574 bits per heavy atom. The molecule has 8 aromatic carbocycles. The van der Waals surface area contributed by atoms with E-state index < -0.39 is 96.2 Å². The Morgan fingerprint density at radius 3 is 0.795 bits per heavy atom. The third-order valence-corrected chi connectivity index (χ3v) is 18.1. The molecule has 2 aliphatic rings. The van der Waals surface area contributed by atoms with Crippen molar-refractivity contribution in [3.63, 3.8) is 0 Å². The number of carboxylic acid groups (broad SMARTS) is 8. The van der Waals surface area contributed by atoms with Crippen LogP contribution in [0.15, 0.2) is 209 Å². The van der Waals surface area contributed by atoms with Gasteiger partial charge in [-0.25, -0.2) is 29.1 Å². The highest BCUT2D eigenvalue weighted by molar-refractivity contribution is 7.81. The van der Waals surface area contributed by atoms with Crippen molar-refractivity contribution in [3.05, 3.63) is 250 Å². The van der Waals surface area contributed by atoms with Gasteiger partial charge < -0.3 is 102 Å². The molecule has 28 N–H and O–H groups in total. The molecule has 34 heteroatoms. The number of hydrogen-bond acceptors (Lipinski definition) is 24. The number of para-hydroxylation sites is 4. The maximum atomic E-state index is 10.8. The average molecular weight is 1700 g/mol. The van der Waals surface area contributed by atoms with Gasteiger partial charge in [0.15, 0.2) is 0 Å². The lowest BCUT2D eigenvalue weighted by Crippen LogP contribution is -2.43. The number of nitrogen functional groups attached to an aromatic ring is 7. The number of aromatic nitrogens is 4. The van der Waals surface area contributed by atoms with Crippen molar-refractivity contribution in [1.29, 1.82) is 0 Å². The third kappa shape index (κ3) is 26.1. The van der Waals surface area contributed by atoms with Crippen LogP contribution >= 0.6 is 37.9 Å². The quantitative estimate of drug-likeness (QED) is 0.0203. The van der Waals surface area contributed by atoms with E-state index in [2.05, 4.69) is 95.8 Å². The Labute approximate surface area is 713 Å².